The third-order valence-corrected chi connectivity index (χ3v) is 3.70. The first-order valence-corrected chi connectivity index (χ1v) is 7.71. The van der Waals surface area contributed by atoms with Gasteiger partial charge < -0.3 is 15.2 Å². The maximum Gasteiger partial charge on any atom is 0.119 e. The summed E-state index contributed by atoms with van der Waals surface area (Å²) in [4.78, 5) is 0. The van der Waals surface area contributed by atoms with E-state index in [1.165, 1.54) is 5.56 Å². The van der Waals surface area contributed by atoms with Crippen LogP contribution >= 0.6 is 15.9 Å². The molecule has 0 radical (unpaired) electrons. The van der Waals surface area contributed by atoms with Crippen molar-refractivity contribution in [2.75, 3.05) is 19.8 Å². The van der Waals surface area contributed by atoms with Crippen LogP contribution < -0.4 is 10.5 Å². The van der Waals surface area contributed by atoms with Crippen molar-refractivity contribution in [3.8, 4) is 5.75 Å². The summed E-state index contributed by atoms with van der Waals surface area (Å²) in [7, 11) is 0. The summed E-state index contributed by atoms with van der Waals surface area (Å²) in [6, 6.07) is 6.27. The maximum absolute atomic E-state index is 6.00. The molecule has 0 aliphatic heterocycles. The minimum absolute atomic E-state index is 0.199. The van der Waals surface area contributed by atoms with Crippen molar-refractivity contribution in [3.63, 3.8) is 0 Å². The van der Waals surface area contributed by atoms with Gasteiger partial charge in [0.1, 0.15) is 5.75 Å². The predicted molar refractivity (Wildman–Crippen MR) is 82.7 cm³/mol. The van der Waals surface area contributed by atoms with E-state index in [-0.39, 0.29) is 6.04 Å². The fourth-order valence-electron chi connectivity index (χ4n) is 1.72. The number of nitrogens with two attached hydrogens (primary N) is 1. The van der Waals surface area contributed by atoms with Crippen molar-refractivity contribution in [3.05, 3.63) is 28.2 Å². The molecule has 19 heavy (non-hydrogen) atoms. The Morgan fingerprint density at radius 3 is 2.74 bits per heavy atom. The molecule has 1 rings (SSSR count). The summed E-state index contributed by atoms with van der Waals surface area (Å²) in [5.41, 5.74) is 7.21. The molecule has 108 valence electrons. The molecule has 0 aromatic heterocycles. The Kier molecular flexibility index (Phi) is 8.10. The van der Waals surface area contributed by atoms with Gasteiger partial charge in [-0.2, -0.15) is 0 Å². The van der Waals surface area contributed by atoms with E-state index in [2.05, 4.69) is 28.9 Å². The summed E-state index contributed by atoms with van der Waals surface area (Å²) in [6.45, 7) is 6.30. The molecule has 0 saturated carbocycles. The zero-order valence-electron chi connectivity index (χ0n) is 11.8. The average molecular weight is 330 g/mol. The SMILES string of the molecule is CCOCCCOc1ccc(Br)c(CC(N)CC)c1. The number of benzene rings is 1. The summed E-state index contributed by atoms with van der Waals surface area (Å²) in [5.74, 6) is 0.901. The molecule has 0 bridgehead atoms. The molecule has 1 atom stereocenters. The summed E-state index contributed by atoms with van der Waals surface area (Å²) >= 11 is 3.56. The van der Waals surface area contributed by atoms with Crippen molar-refractivity contribution in [2.24, 2.45) is 5.73 Å². The molecule has 1 aromatic rings. The Morgan fingerprint density at radius 2 is 2.05 bits per heavy atom. The van der Waals surface area contributed by atoms with Crippen molar-refractivity contribution in [1.82, 2.24) is 0 Å². The fourth-order valence-corrected chi connectivity index (χ4v) is 2.13. The average Bonchev–Trinajstić information content (AvgIpc) is 2.41. The van der Waals surface area contributed by atoms with Gasteiger partial charge in [-0.25, -0.2) is 0 Å². The van der Waals surface area contributed by atoms with E-state index in [1.807, 2.05) is 19.1 Å². The van der Waals surface area contributed by atoms with Crippen LogP contribution in [0, 0.1) is 0 Å². The van der Waals surface area contributed by atoms with Crippen LogP contribution in [0.15, 0.2) is 22.7 Å². The molecular weight excluding hydrogens is 306 g/mol. The highest BCUT2D eigenvalue weighted by molar-refractivity contribution is 9.10. The topological polar surface area (TPSA) is 44.5 Å². The molecule has 0 spiro atoms. The Morgan fingerprint density at radius 1 is 1.26 bits per heavy atom. The molecule has 2 N–H and O–H groups in total. The number of halogens is 1. The summed E-state index contributed by atoms with van der Waals surface area (Å²) in [5, 5.41) is 0. The van der Waals surface area contributed by atoms with Crippen molar-refractivity contribution < 1.29 is 9.47 Å². The highest BCUT2D eigenvalue weighted by Crippen LogP contribution is 2.24. The lowest BCUT2D eigenvalue weighted by Gasteiger charge is -2.13. The molecule has 3 nitrogen and oxygen atoms in total. The molecule has 0 aliphatic carbocycles. The first kappa shape index (κ1) is 16.5. The molecule has 4 heteroatoms. The number of ether oxygens (including phenoxy) is 2. The van der Waals surface area contributed by atoms with Crippen LogP contribution in [-0.4, -0.2) is 25.9 Å². The van der Waals surface area contributed by atoms with E-state index in [0.717, 1.165) is 42.7 Å². The van der Waals surface area contributed by atoms with Crippen LogP contribution in [0.25, 0.3) is 0 Å². The van der Waals surface area contributed by atoms with Gasteiger partial charge in [-0.1, -0.05) is 22.9 Å². The van der Waals surface area contributed by atoms with E-state index in [0.29, 0.717) is 6.61 Å². The molecule has 0 amide bonds. The molecule has 0 heterocycles. The van der Waals surface area contributed by atoms with Gasteiger partial charge >= 0.3 is 0 Å². The molecule has 0 saturated heterocycles. The van der Waals surface area contributed by atoms with E-state index < -0.39 is 0 Å². The molecule has 1 unspecified atom stereocenters. The van der Waals surface area contributed by atoms with Crippen molar-refractivity contribution in [1.29, 1.82) is 0 Å². The summed E-state index contributed by atoms with van der Waals surface area (Å²) in [6.07, 6.45) is 2.76. The predicted octanol–water partition coefficient (Wildman–Crippen LogP) is 3.53. The first-order valence-electron chi connectivity index (χ1n) is 6.91. The number of hydrogen-bond acceptors (Lipinski definition) is 3. The standard InChI is InChI=1S/C15H24BrNO2/c1-3-13(17)10-12-11-14(6-7-15(12)16)19-9-5-8-18-4-2/h6-7,11,13H,3-5,8-10,17H2,1-2H3. The second-order valence-electron chi connectivity index (χ2n) is 4.52. The third-order valence-electron chi connectivity index (χ3n) is 2.93. The van der Waals surface area contributed by atoms with Gasteiger partial charge in [0, 0.05) is 30.1 Å². The van der Waals surface area contributed by atoms with Gasteiger partial charge in [-0.05, 0) is 43.5 Å². The van der Waals surface area contributed by atoms with E-state index in [4.69, 9.17) is 15.2 Å². The highest BCUT2D eigenvalue weighted by Gasteiger charge is 2.07. The quantitative estimate of drug-likeness (QED) is 0.705. The molecule has 0 aliphatic rings. The van der Waals surface area contributed by atoms with Crippen LogP contribution in [0.5, 0.6) is 5.75 Å². The van der Waals surface area contributed by atoms with Gasteiger partial charge in [0.2, 0.25) is 0 Å². The van der Waals surface area contributed by atoms with Gasteiger partial charge in [0.15, 0.2) is 0 Å². The summed E-state index contributed by atoms with van der Waals surface area (Å²) < 4.78 is 12.1. The zero-order chi connectivity index (χ0) is 14.1. The number of rotatable bonds is 9. The van der Waals surface area contributed by atoms with E-state index in [9.17, 15) is 0 Å². The van der Waals surface area contributed by atoms with E-state index in [1.54, 1.807) is 0 Å². The van der Waals surface area contributed by atoms with Crippen LogP contribution in [0.2, 0.25) is 0 Å². The number of hydrogen-bond donors (Lipinski definition) is 1. The Balaban J connectivity index is 2.48. The maximum atomic E-state index is 6.00. The monoisotopic (exact) mass is 329 g/mol. The second kappa shape index (κ2) is 9.34. The lowest BCUT2D eigenvalue weighted by molar-refractivity contribution is 0.131. The largest absolute Gasteiger partial charge is 0.493 e. The zero-order valence-corrected chi connectivity index (χ0v) is 13.4. The van der Waals surface area contributed by atoms with Gasteiger partial charge in [0.05, 0.1) is 6.61 Å². The lowest BCUT2D eigenvalue weighted by atomic mass is 10.0. The van der Waals surface area contributed by atoms with Crippen LogP contribution in [0.4, 0.5) is 0 Å². The van der Waals surface area contributed by atoms with Gasteiger partial charge in [-0.15, -0.1) is 0 Å². The minimum Gasteiger partial charge on any atom is -0.493 e. The fraction of sp³-hybridized carbons (Fsp3) is 0.600. The minimum atomic E-state index is 0.199. The smallest absolute Gasteiger partial charge is 0.119 e. The Hall–Kier alpha value is -0.580. The third kappa shape index (κ3) is 6.41. The van der Waals surface area contributed by atoms with Gasteiger partial charge in [0.25, 0.3) is 0 Å². The second-order valence-corrected chi connectivity index (χ2v) is 5.38. The van der Waals surface area contributed by atoms with E-state index >= 15 is 0 Å². The van der Waals surface area contributed by atoms with Gasteiger partial charge in [-0.3, -0.25) is 0 Å². The normalized spacial score (nSPS) is 12.4. The van der Waals surface area contributed by atoms with Crippen LogP contribution in [-0.2, 0) is 11.2 Å². The molecular formula is C15H24BrNO2. The van der Waals surface area contributed by atoms with Crippen LogP contribution in [0.3, 0.4) is 0 Å². The highest BCUT2D eigenvalue weighted by atomic mass is 79.9. The molecule has 1 aromatic carbocycles. The Labute approximate surface area is 124 Å². The van der Waals surface area contributed by atoms with Crippen molar-refractivity contribution in [2.45, 2.75) is 39.2 Å². The first-order chi connectivity index (χ1) is 9.17. The van der Waals surface area contributed by atoms with Crippen LogP contribution in [0.1, 0.15) is 32.3 Å². The van der Waals surface area contributed by atoms with Crippen molar-refractivity contribution >= 4 is 15.9 Å². The Bertz CT molecular complexity index is 371. The lowest BCUT2D eigenvalue weighted by Crippen LogP contribution is -2.21. The molecule has 0 fully saturated rings.